The van der Waals surface area contributed by atoms with Crippen molar-refractivity contribution in [1.82, 2.24) is 5.32 Å². The Morgan fingerprint density at radius 2 is 1.79 bits per heavy atom. The highest BCUT2D eigenvalue weighted by atomic mass is 19.1. The van der Waals surface area contributed by atoms with Crippen LogP contribution in [0.4, 0.5) is 13.2 Å². The number of nitrogens with one attached hydrogen (secondary N) is 1. The Labute approximate surface area is 110 Å². The Morgan fingerprint density at radius 1 is 1.26 bits per heavy atom. The Morgan fingerprint density at radius 3 is 2.26 bits per heavy atom. The van der Waals surface area contributed by atoms with Gasteiger partial charge in [-0.1, -0.05) is 13.8 Å². The van der Waals surface area contributed by atoms with E-state index in [9.17, 15) is 18.0 Å². The first kappa shape index (κ1) is 15.5. The molecule has 0 aliphatic heterocycles. The molecule has 1 amide bonds. The molecule has 1 atom stereocenters. The van der Waals surface area contributed by atoms with Gasteiger partial charge in [0, 0.05) is 24.7 Å². The molecule has 0 spiro atoms. The number of hydrogen-bond donors (Lipinski definition) is 2. The summed E-state index contributed by atoms with van der Waals surface area (Å²) in [6, 6.07) is 0.633. The topological polar surface area (TPSA) is 55.1 Å². The molecule has 0 heterocycles. The van der Waals surface area contributed by atoms with Crippen LogP contribution in [0, 0.1) is 23.4 Å². The number of nitrogens with two attached hydrogens (primary N) is 1. The Kier molecular flexibility index (Phi) is 5.35. The van der Waals surface area contributed by atoms with Crippen molar-refractivity contribution in [3.8, 4) is 0 Å². The molecule has 3 N–H and O–H groups in total. The van der Waals surface area contributed by atoms with E-state index in [0.717, 1.165) is 0 Å². The molecule has 0 saturated carbocycles. The van der Waals surface area contributed by atoms with Gasteiger partial charge in [-0.05, 0) is 12.3 Å². The third-order valence-corrected chi connectivity index (χ3v) is 2.53. The first-order chi connectivity index (χ1) is 8.81. The van der Waals surface area contributed by atoms with Crippen molar-refractivity contribution < 1.29 is 18.0 Å². The third-order valence-electron chi connectivity index (χ3n) is 2.53. The normalized spacial score (nSPS) is 12.6. The van der Waals surface area contributed by atoms with Crippen LogP contribution in [0.3, 0.4) is 0 Å². The van der Waals surface area contributed by atoms with Crippen LogP contribution in [0.1, 0.15) is 30.6 Å². The average molecular weight is 274 g/mol. The second-order valence-electron chi connectivity index (χ2n) is 4.84. The lowest BCUT2D eigenvalue weighted by molar-refractivity contribution is 0.0941. The molecular weight excluding hydrogens is 257 g/mol. The Balaban J connectivity index is 2.69. The lowest BCUT2D eigenvalue weighted by atomic mass is 10.0. The van der Waals surface area contributed by atoms with E-state index in [2.05, 4.69) is 5.32 Å². The second kappa shape index (κ2) is 6.56. The van der Waals surface area contributed by atoms with Crippen LogP contribution in [-0.2, 0) is 0 Å². The Hall–Kier alpha value is -1.56. The number of hydrogen-bond acceptors (Lipinski definition) is 2. The van der Waals surface area contributed by atoms with Gasteiger partial charge in [0.15, 0.2) is 0 Å². The molecule has 0 radical (unpaired) electrons. The van der Waals surface area contributed by atoms with E-state index in [0.29, 0.717) is 24.5 Å². The second-order valence-corrected chi connectivity index (χ2v) is 4.84. The lowest BCUT2D eigenvalue weighted by Crippen LogP contribution is -2.38. The van der Waals surface area contributed by atoms with Crippen molar-refractivity contribution >= 4 is 5.91 Å². The van der Waals surface area contributed by atoms with Gasteiger partial charge in [-0.25, -0.2) is 13.2 Å². The van der Waals surface area contributed by atoms with Gasteiger partial charge in [-0.3, -0.25) is 4.79 Å². The highest BCUT2D eigenvalue weighted by Gasteiger charge is 2.19. The first-order valence-electron chi connectivity index (χ1n) is 5.99. The third kappa shape index (κ3) is 4.55. The standard InChI is InChI=1S/C13H17F3N2O/c1-7(2)3-9(17)6-18-13(19)12-10(15)4-8(14)5-11(12)16/h4-5,7,9H,3,6,17H2,1-2H3,(H,18,19). The van der Waals surface area contributed by atoms with Gasteiger partial charge in [0.05, 0.1) is 0 Å². The van der Waals surface area contributed by atoms with Crippen LogP contribution in [0.5, 0.6) is 0 Å². The highest BCUT2D eigenvalue weighted by Crippen LogP contribution is 2.14. The molecule has 1 rings (SSSR count). The summed E-state index contributed by atoms with van der Waals surface area (Å²) in [5, 5.41) is 2.34. The van der Waals surface area contributed by atoms with E-state index in [-0.39, 0.29) is 12.6 Å². The van der Waals surface area contributed by atoms with E-state index < -0.39 is 28.9 Å². The average Bonchev–Trinajstić information content (AvgIpc) is 2.23. The molecule has 1 aromatic carbocycles. The molecule has 3 nitrogen and oxygen atoms in total. The maximum Gasteiger partial charge on any atom is 0.257 e. The molecule has 1 unspecified atom stereocenters. The smallest absolute Gasteiger partial charge is 0.257 e. The van der Waals surface area contributed by atoms with Crippen molar-refractivity contribution in [2.75, 3.05) is 6.54 Å². The van der Waals surface area contributed by atoms with Crippen LogP contribution < -0.4 is 11.1 Å². The quantitative estimate of drug-likeness (QED) is 0.865. The Bertz CT molecular complexity index is 440. The predicted molar refractivity (Wildman–Crippen MR) is 66.1 cm³/mol. The molecule has 19 heavy (non-hydrogen) atoms. The van der Waals surface area contributed by atoms with Gasteiger partial charge in [-0.2, -0.15) is 0 Å². The van der Waals surface area contributed by atoms with Crippen molar-refractivity contribution in [3.05, 3.63) is 35.1 Å². The van der Waals surface area contributed by atoms with E-state index in [1.807, 2.05) is 13.8 Å². The maximum absolute atomic E-state index is 13.3. The summed E-state index contributed by atoms with van der Waals surface area (Å²) < 4.78 is 39.3. The fraction of sp³-hybridized carbons (Fsp3) is 0.462. The van der Waals surface area contributed by atoms with E-state index in [1.165, 1.54) is 0 Å². The summed E-state index contributed by atoms with van der Waals surface area (Å²) in [6.45, 7) is 4.05. The van der Waals surface area contributed by atoms with E-state index >= 15 is 0 Å². The molecule has 0 bridgehead atoms. The molecule has 1 aromatic rings. The van der Waals surface area contributed by atoms with Gasteiger partial charge in [-0.15, -0.1) is 0 Å². The fourth-order valence-electron chi connectivity index (χ4n) is 1.76. The summed E-state index contributed by atoms with van der Waals surface area (Å²) >= 11 is 0. The van der Waals surface area contributed by atoms with Crippen LogP contribution in [0.15, 0.2) is 12.1 Å². The van der Waals surface area contributed by atoms with Crippen LogP contribution in [0.25, 0.3) is 0 Å². The number of benzene rings is 1. The number of carbonyl (C=O) groups is 1. The largest absolute Gasteiger partial charge is 0.350 e. The summed E-state index contributed by atoms with van der Waals surface area (Å²) in [5.41, 5.74) is 4.95. The lowest BCUT2D eigenvalue weighted by Gasteiger charge is -2.15. The van der Waals surface area contributed by atoms with Gasteiger partial charge in [0.25, 0.3) is 5.91 Å². The predicted octanol–water partition coefficient (Wildman–Crippen LogP) is 2.21. The van der Waals surface area contributed by atoms with Crippen LogP contribution in [0.2, 0.25) is 0 Å². The molecule has 106 valence electrons. The monoisotopic (exact) mass is 274 g/mol. The zero-order valence-corrected chi connectivity index (χ0v) is 10.8. The van der Waals surface area contributed by atoms with Crippen molar-refractivity contribution in [1.29, 1.82) is 0 Å². The zero-order chi connectivity index (χ0) is 14.6. The number of rotatable bonds is 5. The van der Waals surface area contributed by atoms with Crippen LogP contribution >= 0.6 is 0 Å². The summed E-state index contributed by atoms with van der Waals surface area (Å²) in [4.78, 5) is 11.6. The molecular formula is C13H17F3N2O. The minimum absolute atomic E-state index is 0.104. The number of carbonyl (C=O) groups excluding carboxylic acids is 1. The first-order valence-corrected chi connectivity index (χ1v) is 5.99. The zero-order valence-electron chi connectivity index (χ0n) is 10.8. The molecule has 0 saturated heterocycles. The molecule has 0 aromatic heterocycles. The van der Waals surface area contributed by atoms with Crippen LogP contribution in [-0.4, -0.2) is 18.5 Å². The van der Waals surface area contributed by atoms with E-state index in [1.54, 1.807) is 0 Å². The van der Waals surface area contributed by atoms with Gasteiger partial charge in [0.2, 0.25) is 0 Å². The minimum atomic E-state index is -1.23. The number of halogens is 3. The summed E-state index contributed by atoms with van der Waals surface area (Å²) in [7, 11) is 0. The maximum atomic E-state index is 13.3. The molecule has 0 aliphatic rings. The van der Waals surface area contributed by atoms with Crippen molar-refractivity contribution in [2.45, 2.75) is 26.3 Å². The number of amides is 1. The highest BCUT2D eigenvalue weighted by molar-refractivity contribution is 5.94. The summed E-state index contributed by atoms with van der Waals surface area (Å²) in [6.07, 6.45) is 0.675. The van der Waals surface area contributed by atoms with Crippen molar-refractivity contribution in [2.24, 2.45) is 11.7 Å². The summed E-state index contributed by atoms with van der Waals surface area (Å²) in [5.74, 6) is -4.11. The molecule has 6 heteroatoms. The minimum Gasteiger partial charge on any atom is -0.350 e. The fourth-order valence-corrected chi connectivity index (χ4v) is 1.76. The molecule has 0 fully saturated rings. The SMILES string of the molecule is CC(C)CC(N)CNC(=O)c1c(F)cc(F)cc1F. The van der Waals surface area contributed by atoms with Gasteiger partial charge < -0.3 is 11.1 Å². The van der Waals surface area contributed by atoms with E-state index in [4.69, 9.17) is 5.73 Å². The van der Waals surface area contributed by atoms with Gasteiger partial charge in [0.1, 0.15) is 23.0 Å². The van der Waals surface area contributed by atoms with Gasteiger partial charge >= 0.3 is 0 Å². The molecule has 0 aliphatic carbocycles. The van der Waals surface area contributed by atoms with Crippen molar-refractivity contribution in [3.63, 3.8) is 0 Å².